The Morgan fingerprint density at radius 2 is 1.89 bits per heavy atom. The standard InChI is InChI=1S/C21H19FN2O4/c1-14(25)19(21(27)24-28)23-20(26)17-11-9-15(10-12-17)5-2-3-6-16-7-4-8-18(22)13-16/h2,4-5,7-14,19,25,28H,1H3,(H,23,26)(H,24,27)/t14-,19+/m1/s1. The Bertz CT molecular complexity index is 927. The molecule has 0 fully saturated rings. The summed E-state index contributed by atoms with van der Waals surface area (Å²) in [7, 11) is 0. The fraction of sp³-hybridized carbons (Fsp3) is 0.143. The van der Waals surface area contributed by atoms with E-state index in [1.54, 1.807) is 48.6 Å². The van der Waals surface area contributed by atoms with Crippen molar-refractivity contribution >= 4 is 17.9 Å². The molecule has 2 atom stereocenters. The van der Waals surface area contributed by atoms with Crippen molar-refractivity contribution in [3.05, 3.63) is 77.1 Å². The molecule has 0 saturated heterocycles. The summed E-state index contributed by atoms with van der Waals surface area (Å²) in [6.45, 7) is 1.32. The molecule has 2 aromatic rings. The van der Waals surface area contributed by atoms with E-state index in [-0.39, 0.29) is 11.4 Å². The van der Waals surface area contributed by atoms with Crippen LogP contribution < -0.4 is 10.8 Å². The van der Waals surface area contributed by atoms with Crippen LogP contribution in [-0.2, 0) is 4.79 Å². The molecule has 4 N–H and O–H groups in total. The highest BCUT2D eigenvalue weighted by Crippen LogP contribution is 2.07. The number of amides is 2. The minimum atomic E-state index is -1.28. The molecule has 28 heavy (non-hydrogen) atoms. The Hall–Kier alpha value is -3.47. The Morgan fingerprint density at radius 3 is 2.50 bits per heavy atom. The third kappa shape index (κ3) is 6.06. The van der Waals surface area contributed by atoms with Crippen molar-refractivity contribution in [1.29, 1.82) is 0 Å². The van der Waals surface area contributed by atoms with E-state index in [1.807, 2.05) is 0 Å². The van der Waals surface area contributed by atoms with Gasteiger partial charge in [0, 0.05) is 11.1 Å². The second kappa shape index (κ2) is 10.0. The SMILES string of the molecule is C[C@@H](O)[C@H](NC(=O)c1ccc(C=CC#Cc2cccc(F)c2)cc1)C(=O)NO. The molecule has 0 radical (unpaired) electrons. The van der Waals surface area contributed by atoms with Crippen molar-refractivity contribution in [1.82, 2.24) is 10.8 Å². The second-order valence-electron chi connectivity index (χ2n) is 5.90. The van der Waals surface area contributed by atoms with Crippen molar-refractivity contribution < 1.29 is 24.3 Å². The van der Waals surface area contributed by atoms with Crippen LogP contribution >= 0.6 is 0 Å². The number of aliphatic hydroxyl groups excluding tert-OH is 1. The van der Waals surface area contributed by atoms with Gasteiger partial charge in [-0.1, -0.05) is 30.0 Å². The Labute approximate surface area is 161 Å². The smallest absolute Gasteiger partial charge is 0.268 e. The number of allylic oxidation sites excluding steroid dienone is 1. The van der Waals surface area contributed by atoms with E-state index in [9.17, 15) is 19.1 Å². The molecule has 2 amide bonds. The highest BCUT2D eigenvalue weighted by molar-refractivity contribution is 5.97. The minimum absolute atomic E-state index is 0.277. The number of aliphatic hydroxyl groups is 1. The van der Waals surface area contributed by atoms with Gasteiger partial charge in [0.15, 0.2) is 0 Å². The summed E-state index contributed by atoms with van der Waals surface area (Å²) in [6.07, 6.45) is 2.15. The van der Waals surface area contributed by atoms with Crippen molar-refractivity contribution in [3.8, 4) is 11.8 Å². The second-order valence-corrected chi connectivity index (χ2v) is 5.90. The molecule has 0 spiro atoms. The third-order valence-electron chi connectivity index (χ3n) is 3.73. The van der Waals surface area contributed by atoms with Crippen LogP contribution in [0.25, 0.3) is 6.08 Å². The molecule has 0 aromatic heterocycles. The molecular formula is C21H19FN2O4. The Kier molecular flexibility index (Phi) is 7.45. The van der Waals surface area contributed by atoms with Crippen LogP contribution in [0.2, 0.25) is 0 Å². The zero-order chi connectivity index (χ0) is 20.5. The Balaban J connectivity index is 2.01. The first-order valence-corrected chi connectivity index (χ1v) is 8.37. The third-order valence-corrected chi connectivity index (χ3v) is 3.73. The average Bonchev–Trinajstić information content (AvgIpc) is 2.69. The van der Waals surface area contributed by atoms with E-state index in [0.717, 1.165) is 5.56 Å². The number of carbonyl (C=O) groups excluding carboxylic acids is 2. The van der Waals surface area contributed by atoms with E-state index in [2.05, 4.69) is 17.2 Å². The summed E-state index contributed by atoms with van der Waals surface area (Å²) in [6, 6.07) is 11.1. The van der Waals surface area contributed by atoms with Gasteiger partial charge in [0.1, 0.15) is 11.9 Å². The van der Waals surface area contributed by atoms with Crippen molar-refractivity contribution in [2.45, 2.75) is 19.1 Å². The maximum Gasteiger partial charge on any atom is 0.268 e. The van der Waals surface area contributed by atoms with E-state index in [4.69, 9.17) is 5.21 Å². The molecule has 6 nitrogen and oxygen atoms in total. The molecule has 0 saturated carbocycles. The van der Waals surface area contributed by atoms with Gasteiger partial charge in [-0.25, -0.2) is 9.87 Å². The summed E-state index contributed by atoms with van der Waals surface area (Å²) < 4.78 is 13.1. The number of hydrogen-bond donors (Lipinski definition) is 4. The highest BCUT2D eigenvalue weighted by Gasteiger charge is 2.25. The van der Waals surface area contributed by atoms with Crippen LogP contribution in [0.4, 0.5) is 4.39 Å². The van der Waals surface area contributed by atoms with Gasteiger partial charge in [-0.2, -0.15) is 0 Å². The topological polar surface area (TPSA) is 98.7 Å². The predicted molar refractivity (Wildman–Crippen MR) is 102 cm³/mol. The molecule has 144 valence electrons. The van der Waals surface area contributed by atoms with Gasteiger partial charge in [0.2, 0.25) is 0 Å². The molecule has 2 rings (SSSR count). The van der Waals surface area contributed by atoms with Gasteiger partial charge in [-0.05, 0) is 55.0 Å². The van der Waals surface area contributed by atoms with Crippen LogP contribution in [0.3, 0.4) is 0 Å². The van der Waals surface area contributed by atoms with Crippen LogP contribution in [0.5, 0.6) is 0 Å². The zero-order valence-corrected chi connectivity index (χ0v) is 15.0. The molecule has 0 heterocycles. The summed E-state index contributed by atoms with van der Waals surface area (Å²) in [5, 5.41) is 20.6. The molecular weight excluding hydrogens is 363 g/mol. The lowest BCUT2D eigenvalue weighted by Crippen LogP contribution is -2.51. The number of rotatable bonds is 5. The van der Waals surface area contributed by atoms with Crippen molar-refractivity contribution in [2.24, 2.45) is 0 Å². The lowest BCUT2D eigenvalue weighted by molar-refractivity contribution is -0.133. The molecule has 7 heteroatoms. The van der Waals surface area contributed by atoms with Crippen molar-refractivity contribution in [3.63, 3.8) is 0 Å². The van der Waals surface area contributed by atoms with Crippen LogP contribution in [0.1, 0.15) is 28.4 Å². The lowest BCUT2D eigenvalue weighted by Gasteiger charge is -2.19. The number of nitrogens with one attached hydrogen (secondary N) is 2. The van der Waals surface area contributed by atoms with Gasteiger partial charge in [-0.3, -0.25) is 14.8 Å². The van der Waals surface area contributed by atoms with Gasteiger partial charge >= 0.3 is 0 Å². The lowest BCUT2D eigenvalue weighted by atomic mass is 10.1. The Morgan fingerprint density at radius 1 is 1.18 bits per heavy atom. The number of hydroxylamine groups is 1. The van der Waals surface area contributed by atoms with E-state index < -0.39 is 24.0 Å². The van der Waals surface area contributed by atoms with E-state index >= 15 is 0 Å². The van der Waals surface area contributed by atoms with Crippen LogP contribution in [-0.4, -0.2) is 34.3 Å². The summed E-state index contributed by atoms with van der Waals surface area (Å²) in [4.78, 5) is 23.6. The molecule has 0 aliphatic carbocycles. The van der Waals surface area contributed by atoms with Crippen LogP contribution in [0, 0.1) is 17.7 Å². The summed E-state index contributed by atoms with van der Waals surface area (Å²) >= 11 is 0. The van der Waals surface area contributed by atoms with E-state index in [1.165, 1.54) is 24.5 Å². The number of benzene rings is 2. The van der Waals surface area contributed by atoms with Gasteiger partial charge in [0.25, 0.3) is 11.8 Å². The fourth-order valence-corrected chi connectivity index (χ4v) is 2.27. The highest BCUT2D eigenvalue weighted by atomic mass is 19.1. The van der Waals surface area contributed by atoms with Gasteiger partial charge < -0.3 is 10.4 Å². The minimum Gasteiger partial charge on any atom is -0.391 e. The first-order chi connectivity index (χ1) is 13.4. The molecule has 0 unspecified atom stereocenters. The summed E-state index contributed by atoms with van der Waals surface area (Å²) in [5.74, 6) is 3.77. The van der Waals surface area contributed by atoms with Gasteiger partial charge in [-0.15, -0.1) is 0 Å². The summed E-state index contributed by atoms with van der Waals surface area (Å²) in [5.41, 5.74) is 3.03. The van der Waals surface area contributed by atoms with E-state index in [0.29, 0.717) is 5.56 Å². The number of carbonyl (C=O) groups is 2. The number of hydrogen-bond acceptors (Lipinski definition) is 4. The number of halogens is 1. The maximum atomic E-state index is 13.1. The zero-order valence-electron chi connectivity index (χ0n) is 15.0. The molecule has 0 aliphatic heterocycles. The first-order valence-electron chi connectivity index (χ1n) is 8.37. The quantitative estimate of drug-likeness (QED) is 0.360. The normalized spacial score (nSPS) is 12.6. The maximum absolute atomic E-state index is 13.1. The first kappa shape index (κ1) is 20.8. The predicted octanol–water partition coefficient (Wildman–Crippen LogP) is 1.88. The monoisotopic (exact) mass is 382 g/mol. The fourth-order valence-electron chi connectivity index (χ4n) is 2.27. The average molecular weight is 382 g/mol. The van der Waals surface area contributed by atoms with Crippen molar-refractivity contribution in [2.75, 3.05) is 0 Å². The molecule has 0 aliphatic rings. The largest absolute Gasteiger partial charge is 0.391 e. The molecule has 2 aromatic carbocycles. The molecule has 0 bridgehead atoms. The van der Waals surface area contributed by atoms with Gasteiger partial charge in [0.05, 0.1) is 6.10 Å². The van der Waals surface area contributed by atoms with Crippen LogP contribution in [0.15, 0.2) is 54.6 Å².